The van der Waals surface area contributed by atoms with Crippen molar-refractivity contribution in [1.29, 1.82) is 0 Å². The summed E-state index contributed by atoms with van der Waals surface area (Å²) in [5.41, 5.74) is 0. The van der Waals surface area contributed by atoms with Crippen LogP contribution in [0.1, 0.15) is 104 Å². The Hall–Kier alpha value is -0.730. The van der Waals surface area contributed by atoms with Crippen LogP contribution in [0.25, 0.3) is 0 Å². The summed E-state index contributed by atoms with van der Waals surface area (Å²) in [7, 11) is 0. The molecule has 0 atom stereocenters. The molecule has 0 radical (unpaired) electrons. The molecule has 0 bridgehead atoms. The number of rotatable bonds is 30. The summed E-state index contributed by atoms with van der Waals surface area (Å²) in [6.45, 7) is 9.59. The van der Waals surface area contributed by atoms with Crippen LogP contribution in [0.15, 0.2) is 0 Å². The lowest BCUT2D eigenvalue weighted by atomic mass is 10.0. The maximum absolute atomic E-state index is 10.6. The largest absolute Gasteiger partial charge is 0.463 e. The zero-order valence-electron chi connectivity index (χ0n) is 23.0. The van der Waals surface area contributed by atoms with E-state index in [-0.39, 0.29) is 12.6 Å². The highest BCUT2D eigenvalue weighted by Gasteiger charge is 1.96. The Bertz CT molecular complexity index is 407. The van der Waals surface area contributed by atoms with Gasteiger partial charge in [-0.25, -0.2) is 0 Å². The molecule has 0 fully saturated rings. The normalized spacial score (nSPS) is 11.3. The van der Waals surface area contributed by atoms with Crippen LogP contribution in [0.4, 0.5) is 0 Å². The summed E-state index contributed by atoms with van der Waals surface area (Å²) in [4.78, 5) is 10.6. The first-order chi connectivity index (χ1) is 17.3. The number of unbranched alkanes of at least 4 members (excludes halogenated alkanes) is 13. The molecule has 0 aliphatic carbocycles. The van der Waals surface area contributed by atoms with E-state index in [1.807, 2.05) is 0 Å². The van der Waals surface area contributed by atoms with E-state index in [0.29, 0.717) is 59.5 Å². The van der Waals surface area contributed by atoms with Gasteiger partial charge in [0, 0.05) is 13.5 Å². The number of hydrogen-bond acceptors (Lipinski definition) is 7. The van der Waals surface area contributed by atoms with Crippen molar-refractivity contribution in [2.75, 3.05) is 72.7 Å². The summed E-state index contributed by atoms with van der Waals surface area (Å²) >= 11 is 0. The van der Waals surface area contributed by atoms with Gasteiger partial charge >= 0.3 is 5.97 Å². The van der Waals surface area contributed by atoms with Gasteiger partial charge in [-0.1, -0.05) is 90.4 Å². The van der Waals surface area contributed by atoms with Gasteiger partial charge in [0.15, 0.2) is 0 Å². The minimum absolute atomic E-state index is 0.281. The van der Waals surface area contributed by atoms with E-state index in [1.165, 1.54) is 90.4 Å². The molecule has 0 aliphatic heterocycles. The quantitative estimate of drug-likeness (QED) is 0.0862. The molecule has 0 saturated heterocycles. The fourth-order valence-electron chi connectivity index (χ4n) is 3.62. The van der Waals surface area contributed by atoms with Crippen molar-refractivity contribution in [2.24, 2.45) is 0 Å². The van der Waals surface area contributed by atoms with Crippen LogP contribution >= 0.6 is 0 Å². The van der Waals surface area contributed by atoms with Gasteiger partial charge < -0.3 is 28.4 Å². The first-order valence-electron chi connectivity index (χ1n) is 14.3. The highest BCUT2D eigenvalue weighted by molar-refractivity contribution is 5.65. The molecule has 0 aliphatic rings. The molecule has 0 aromatic carbocycles. The maximum atomic E-state index is 10.6. The van der Waals surface area contributed by atoms with Crippen LogP contribution in [-0.4, -0.2) is 78.6 Å². The molecule has 0 unspecified atom stereocenters. The van der Waals surface area contributed by atoms with E-state index in [0.717, 1.165) is 13.0 Å². The highest BCUT2D eigenvalue weighted by Crippen LogP contribution is 2.12. The fraction of sp³-hybridized carbons (Fsp3) is 0.964. The van der Waals surface area contributed by atoms with E-state index in [9.17, 15) is 4.79 Å². The van der Waals surface area contributed by atoms with Crippen LogP contribution in [0, 0.1) is 0 Å². The van der Waals surface area contributed by atoms with Gasteiger partial charge in [-0.05, 0) is 6.42 Å². The van der Waals surface area contributed by atoms with Gasteiger partial charge in [0.2, 0.25) is 0 Å². The first-order valence-corrected chi connectivity index (χ1v) is 14.3. The monoisotopic (exact) mass is 504 g/mol. The third kappa shape index (κ3) is 33.3. The molecule has 0 heterocycles. The zero-order valence-corrected chi connectivity index (χ0v) is 23.0. The van der Waals surface area contributed by atoms with Crippen LogP contribution in [-0.2, 0) is 33.2 Å². The van der Waals surface area contributed by atoms with Gasteiger partial charge in [0.1, 0.15) is 6.61 Å². The van der Waals surface area contributed by atoms with Crippen LogP contribution in [0.2, 0.25) is 0 Å². The molecule has 0 aromatic rings. The van der Waals surface area contributed by atoms with Gasteiger partial charge in [0.05, 0.1) is 59.5 Å². The highest BCUT2D eigenvalue weighted by atomic mass is 16.6. The van der Waals surface area contributed by atoms with Crippen molar-refractivity contribution in [1.82, 2.24) is 0 Å². The Morgan fingerprint density at radius 2 is 0.686 bits per heavy atom. The van der Waals surface area contributed by atoms with Crippen LogP contribution in [0.5, 0.6) is 0 Å². The number of ether oxygens (including phenoxy) is 6. The lowest BCUT2D eigenvalue weighted by molar-refractivity contribution is -0.142. The molecule has 7 nitrogen and oxygen atoms in total. The second-order valence-electron chi connectivity index (χ2n) is 9.00. The average Bonchev–Trinajstić information content (AvgIpc) is 2.85. The average molecular weight is 505 g/mol. The third-order valence-electron chi connectivity index (χ3n) is 5.66. The maximum Gasteiger partial charge on any atom is 0.302 e. The summed E-state index contributed by atoms with van der Waals surface area (Å²) in [6, 6.07) is 0. The molecule has 0 aromatic heterocycles. The zero-order chi connectivity index (χ0) is 25.5. The molecular formula is C28H56O7. The van der Waals surface area contributed by atoms with Gasteiger partial charge in [0.25, 0.3) is 0 Å². The van der Waals surface area contributed by atoms with Crippen molar-refractivity contribution in [2.45, 2.75) is 104 Å². The Labute approximate surface area is 215 Å². The molecule has 0 amide bonds. The van der Waals surface area contributed by atoms with E-state index in [1.54, 1.807) is 0 Å². The topological polar surface area (TPSA) is 72.5 Å². The van der Waals surface area contributed by atoms with Gasteiger partial charge in [-0.15, -0.1) is 0 Å². The van der Waals surface area contributed by atoms with Crippen molar-refractivity contribution in [3.63, 3.8) is 0 Å². The van der Waals surface area contributed by atoms with Crippen molar-refractivity contribution >= 4 is 5.97 Å². The minimum atomic E-state index is -0.293. The van der Waals surface area contributed by atoms with E-state index in [4.69, 9.17) is 28.4 Å². The number of carbonyl (C=O) groups excluding carboxylic acids is 1. The predicted octanol–water partition coefficient (Wildman–Crippen LogP) is 6.11. The Morgan fingerprint density at radius 1 is 0.400 bits per heavy atom. The minimum Gasteiger partial charge on any atom is -0.463 e. The molecule has 7 heteroatoms. The Balaban J connectivity index is 3.01. The fourth-order valence-corrected chi connectivity index (χ4v) is 3.62. The molecule has 210 valence electrons. The smallest absolute Gasteiger partial charge is 0.302 e. The second kappa shape index (κ2) is 31.3. The Morgan fingerprint density at radius 3 is 1.03 bits per heavy atom. The van der Waals surface area contributed by atoms with E-state index < -0.39 is 0 Å². The predicted molar refractivity (Wildman–Crippen MR) is 141 cm³/mol. The van der Waals surface area contributed by atoms with Crippen molar-refractivity contribution < 1.29 is 33.2 Å². The van der Waals surface area contributed by atoms with Gasteiger partial charge in [-0.2, -0.15) is 0 Å². The lowest BCUT2D eigenvalue weighted by Gasteiger charge is -2.08. The summed E-state index contributed by atoms with van der Waals surface area (Å²) < 4.78 is 32.0. The van der Waals surface area contributed by atoms with Gasteiger partial charge in [-0.3, -0.25) is 4.79 Å². The second-order valence-corrected chi connectivity index (χ2v) is 9.00. The SMILES string of the molecule is CCCCCCCCCCCCCCCCOCCOCCOCCOCCOCCOC(C)=O. The molecule has 0 N–H and O–H groups in total. The number of esters is 1. The van der Waals surface area contributed by atoms with Crippen LogP contribution < -0.4 is 0 Å². The summed E-state index contributed by atoms with van der Waals surface area (Å²) in [5, 5.41) is 0. The molecular weight excluding hydrogens is 448 g/mol. The lowest BCUT2D eigenvalue weighted by Crippen LogP contribution is -2.14. The van der Waals surface area contributed by atoms with Crippen molar-refractivity contribution in [3.05, 3.63) is 0 Å². The standard InChI is InChI=1S/C28H56O7/c1-3-4-5-6-7-8-9-10-11-12-13-14-15-16-17-30-18-19-31-20-21-32-22-23-33-24-25-34-26-27-35-28(2)29/h3-27H2,1-2H3. The van der Waals surface area contributed by atoms with Crippen molar-refractivity contribution in [3.8, 4) is 0 Å². The molecule has 0 saturated carbocycles. The first kappa shape index (κ1) is 34.3. The third-order valence-corrected chi connectivity index (χ3v) is 5.66. The molecule has 0 rings (SSSR count). The molecule has 0 spiro atoms. The number of carbonyl (C=O) groups is 1. The summed E-state index contributed by atoms with van der Waals surface area (Å²) in [5.74, 6) is -0.293. The molecule has 35 heavy (non-hydrogen) atoms. The van der Waals surface area contributed by atoms with Crippen LogP contribution in [0.3, 0.4) is 0 Å². The Kier molecular flexibility index (Phi) is 30.6. The van der Waals surface area contributed by atoms with E-state index >= 15 is 0 Å². The number of hydrogen-bond donors (Lipinski definition) is 0. The summed E-state index contributed by atoms with van der Waals surface area (Å²) in [6.07, 6.45) is 19.3. The van der Waals surface area contributed by atoms with E-state index in [2.05, 4.69) is 6.92 Å².